The van der Waals surface area contributed by atoms with Gasteiger partial charge in [0.25, 0.3) is 0 Å². The van der Waals surface area contributed by atoms with Crippen molar-refractivity contribution in [2.45, 2.75) is 0 Å². The third-order valence-corrected chi connectivity index (χ3v) is 9.33. The number of furan rings is 2. The number of hydrogen-bond acceptors (Lipinski definition) is 5. The summed E-state index contributed by atoms with van der Waals surface area (Å²) in [4.78, 5) is 15.2. The number of fused-ring (bicyclic) bond motifs is 6. The molecule has 50 heavy (non-hydrogen) atoms. The van der Waals surface area contributed by atoms with Gasteiger partial charge in [-0.2, -0.15) is 0 Å². The average Bonchev–Trinajstić information content (AvgIpc) is 3.76. The van der Waals surface area contributed by atoms with E-state index in [1.165, 1.54) is 5.56 Å². The van der Waals surface area contributed by atoms with Crippen molar-refractivity contribution in [3.63, 3.8) is 0 Å². The van der Waals surface area contributed by atoms with Crippen LogP contribution in [0.2, 0.25) is 0 Å². The molecule has 3 heterocycles. The molecule has 0 aliphatic heterocycles. The van der Waals surface area contributed by atoms with Crippen molar-refractivity contribution >= 4 is 43.9 Å². The molecule has 0 spiro atoms. The van der Waals surface area contributed by atoms with Gasteiger partial charge in [0.2, 0.25) is 0 Å². The molecule has 0 N–H and O–H groups in total. The zero-order chi connectivity index (χ0) is 33.0. The highest BCUT2D eigenvalue weighted by atomic mass is 16.3. The Hall–Kier alpha value is -6.85. The van der Waals surface area contributed by atoms with E-state index in [2.05, 4.69) is 84.9 Å². The van der Waals surface area contributed by atoms with E-state index >= 15 is 0 Å². The Balaban J connectivity index is 1.16. The maximum absolute atomic E-state index is 6.44. The van der Waals surface area contributed by atoms with Crippen LogP contribution in [0.15, 0.2) is 173 Å². The lowest BCUT2D eigenvalue weighted by Gasteiger charge is -2.11. The lowest BCUT2D eigenvalue weighted by molar-refractivity contribution is 0.669. The highest BCUT2D eigenvalue weighted by molar-refractivity contribution is 6.13. The van der Waals surface area contributed by atoms with Crippen molar-refractivity contribution in [1.82, 2.24) is 15.0 Å². The van der Waals surface area contributed by atoms with E-state index in [1.54, 1.807) is 0 Å². The van der Waals surface area contributed by atoms with Crippen LogP contribution in [0, 0.1) is 0 Å². The maximum Gasteiger partial charge on any atom is 0.164 e. The Kier molecular flexibility index (Phi) is 6.42. The molecule has 10 aromatic rings. The molecule has 0 atom stereocenters. The Morgan fingerprint density at radius 3 is 1.62 bits per heavy atom. The molecule has 0 aliphatic carbocycles. The van der Waals surface area contributed by atoms with E-state index in [1.807, 2.05) is 78.9 Å². The third kappa shape index (κ3) is 4.75. The minimum atomic E-state index is 0.561. The van der Waals surface area contributed by atoms with Gasteiger partial charge in [0.05, 0.1) is 0 Å². The lowest BCUT2D eigenvalue weighted by Crippen LogP contribution is -2.00. The second kappa shape index (κ2) is 11.4. The van der Waals surface area contributed by atoms with Crippen LogP contribution in [0.1, 0.15) is 0 Å². The van der Waals surface area contributed by atoms with Gasteiger partial charge in [-0.25, -0.2) is 15.0 Å². The van der Waals surface area contributed by atoms with E-state index < -0.39 is 0 Å². The van der Waals surface area contributed by atoms with Gasteiger partial charge in [0, 0.05) is 38.2 Å². The summed E-state index contributed by atoms with van der Waals surface area (Å²) in [7, 11) is 0. The first-order valence-corrected chi connectivity index (χ1v) is 16.6. The molecule has 0 saturated heterocycles. The SMILES string of the molecule is c1ccc(-c2ccc3oc4cc(-c5nc(-c6ccccc6)nc(-c6cc(-c7ccccc7)c7c(c6)oc6ccccc67)n5)ccc4c3c2)cc1. The van der Waals surface area contributed by atoms with E-state index in [-0.39, 0.29) is 0 Å². The van der Waals surface area contributed by atoms with Crippen LogP contribution < -0.4 is 0 Å². The largest absolute Gasteiger partial charge is 0.456 e. The van der Waals surface area contributed by atoms with Crippen molar-refractivity contribution in [3.8, 4) is 56.4 Å². The predicted molar refractivity (Wildman–Crippen MR) is 202 cm³/mol. The molecule has 0 unspecified atom stereocenters. The molecule has 0 bridgehead atoms. The zero-order valence-electron chi connectivity index (χ0n) is 26.7. The zero-order valence-corrected chi connectivity index (χ0v) is 26.7. The summed E-state index contributed by atoms with van der Waals surface area (Å²) in [6.07, 6.45) is 0. The second-order valence-electron chi connectivity index (χ2n) is 12.4. The molecule has 0 saturated carbocycles. The molecule has 0 radical (unpaired) electrons. The molecular formula is C45H27N3O2. The summed E-state index contributed by atoms with van der Waals surface area (Å²) in [6.45, 7) is 0. The molecule has 5 nitrogen and oxygen atoms in total. The Bertz CT molecular complexity index is 2860. The van der Waals surface area contributed by atoms with Crippen LogP contribution in [-0.2, 0) is 0 Å². The van der Waals surface area contributed by atoms with E-state index in [0.29, 0.717) is 17.5 Å². The lowest BCUT2D eigenvalue weighted by atomic mass is 9.97. The number of para-hydroxylation sites is 1. The van der Waals surface area contributed by atoms with E-state index in [9.17, 15) is 0 Å². The van der Waals surface area contributed by atoms with Crippen LogP contribution in [0.3, 0.4) is 0 Å². The summed E-state index contributed by atoms with van der Waals surface area (Å²) in [5, 5.41) is 4.26. The van der Waals surface area contributed by atoms with Gasteiger partial charge in [0.1, 0.15) is 22.3 Å². The second-order valence-corrected chi connectivity index (χ2v) is 12.4. The van der Waals surface area contributed by atoms with Crippen molar-refractivity contribution in [2.24, 2.45) is 0 Å². The average molecular weight is 642 g/mol. The predicted octanol–water partition coefficient (Wildman–Crippen LogP) is 12.0. The van der Waals surface area contributed by atoms with Gasteiger partial charge in [-0.15, -0.1) is 0 Å². The van der Waals surface area contributed by atoms with E-state index in [4.69, 9.17) is 23.8 Å². The number of nitrogens with zero attached hydrogens (tertiary/aromatic N) is 3. The Morgan fingerprint density at radius 1 is 0.300 bits per heavy atom. The number of benzene rings is 7. The number of hydrogen-bond donors (Lipinski definition) is 0. The van der Waals surface area contributed by atoms with Gasteiger partial charge in [-0.3, -0.25) is 0 Å². The van der Waals surface area contributed by atoms with Crippen molar-refractivity contribution in [2.75, 3.05) is 0 Å². The highest BCUT2D eigenvalue weighted by Gasteiger charge is 2.19. The van der Waals surface area contributed by atoms with Gasteiger partial charge >= 0.3 is 0 Å². The fourth-order valence-corrected chi connectivity index (χ4v) is 6.91. The van der Waals surface area contributed by atoms with Gasteiger partial charge in [0.15, 0.2) is 17.5 Å². The summed E-state index contributed by atoms with van der Waals surface area (Å²) in [6, 6.07) is 55.7. The fraction of sp³-hybridized carbons (Fsp3) is 0. The van der Waals surface area contributed by atoms with Gasteiger partial charge < -0.3 is 8.83 Å². The molecule has 0 amide bonds. The van der Waals surface area contributed by atoms with Crippen LogP contribution >= 0.6 is 0 Å². The minimum Gasteiger partial charge on any atom is -0.456 e. The fourth-order valence-electron chi connectivity index (χ4n) is 6.91. The van der Waals surface area contributed by atoms with Gasteiger partial charge in [-0.1, -0.05) is 121 Å². The highest BCUT2D eigenvalue weighted by Crippen LogP contribution is 2.40. The Morgan fingerprint density at radius 2 is 0.860 bits per heavy atom. The van der Waals surface area contributed by atoms with Crippen molar-refractivity contribution in [3.05, 3.63) is 164 Å². The summed E-state index contributed by atoms with van der Waals surface area (Å²) in [5.74, 6) is 1.71. The van der Waals surface area contributed by atoms with E-state index in [0.717, 1.165) is 77.3 Å². The molecule has 10 rings (SSSR count). The molecule has 0 aliphatic rings. The third-order valence-electron chi connectivity index (χ3n) is 9.33. The number of rotatable bonds is 5. The summed E-state index contributed by atoms with van der Waals surface area (Å²) in [5.41, 5.74) is 10.3. The quantitative estimate of drug-likeness (QED) is 0.187. The van der Waals surface area contributed by atoms with Crippen LogP contribution in [0.4, 0.5) is 0 Å². The first kappa shape index (κ1) is 28.2. The minimum absolute atomic E-state index is 0.561. The standard InChI is InChI=1S/C45H27N3O2/c1-4-12-28(13-5-1)31-21-23-39-37(24-31)34-22-20-32(26-40(34)49-39)44-46-43(30-16-8-3-9-17-30)47-45(48-44)33-25-36(29-14-6-2-7-15-29)42-35-18-10-11-19-38(35)50-41(42)27-33/h1-27H. The summed E-state index contributed by atoms with van der Waals surface area (Å²) < 4.78 is 12.8. The molecule has 7 aromatic carbocycles. The molecule has 0 fully saturated rings. The molecular weight excluding hydrogens is 615 g/mol. The maximum atomic E-state index is 6.44. The molecule has 5 heteroatoms. The van der Waals surface area contributed by atoms with Crippen LogP contribution in [0.5, 0.6) is 0 Å². The molecule has 234 valence electrons. The topological polar surface area (TPSA) is 65.0 Å². The van der Waals surface area contributed by atoms with Crippen molar-refractivity contribution < 1.29 is 8.83 Å². The van der Waals surface area contributed by atoms with Crippen LogP contribution in [-0.4, -0.2) is 15.0 Å². The normalized spacial score (nSPS) is 11.6. The smallest absolute Gasteiger partial charge is 0.164 e. The first-order chi connectivity index (χ1) is 24.7. The van der Waals surface area contributed by atoms with Crippen LogP contribution in [0.25, 0.3) is 100 Å². The van der Waals surface area contributed by atoms with Gasteiger partial charge in [-0.05, 0) is 64.7 Å². The Labute approximate surface area is 287 Å². The monoisotopic (exact) mass is 641 g/mol. The van der Waals surface area contributed by atoms with Crippen molar-refractivity contribution in [1.29, 1.82) is 0 Å². The summed E-state index contributed by atoms with van der Waals surface area (Å²) >= 11 is 0. The molecule has 3 aromatic heterocycles. The first-order valence-electron chi connectivity index (χ1n) is 16.6. The number of aromatic nitrogens is 3.